The van der Waals surface area contributed by atoms with E-state index >= 15 is 0 Å². The molecule has 0 aromatic rings. The number of carbonyl (C=O) groups excluding carboxylic acids is 6. The minimum absolute atomic E-state index is 0.0704. The van der Waals surface area contributed by atoms with Gasteiger partial charge in [0.1, 0.15) is 24.0 Å². The molecule has 3 N–H and O–H groups in total. The summed E-state index contributed by atoms with van der Waals surface area (Å²) in [6.07, 6.45) is 6.61. The third-order valence-corrected chi connectivity index (χ3v) is 14.4. The number of Topliss-reactive ketones (excluding diaryl/α,β-unsaturated/α-hetero) is 4. The number of hydrogen-bond acceptors (Lipinski definition) is 14. The molecule has 15 heteroatoms. The number of aliphatic hydroxyl groups excluding tert-OH is 2. The molecule has 1 saturated carbocycles. The topological polar surface area (TPSA) is 212 Å². The first kappa shape index (κ1) is 54.2. The lowest BCUT2D eigenvalue weighted by Crippen LogP contribution is -2.60. The number of piperidine rings is 1. The summed E-state index contributed by atoms with van der Waals surface area (Å²) in [5, 5.41) is 33.7. The molecular formula is C50H77NO14. The van der Waals surface area contributed by atoms with Gasteiger partial charge in [0, 0.05) is 70.8 Å². The van der Waals surface area contributed by atoms with Gasteiger partial charge in [-0.3, -0.25) is 24.0 Å². The van der Waals surface area contributed by atoms with E-state index < -0.39 is 89.8 Å². The summed E-state index contributed by atoms with van der Waals surface area (Å²) in [5.41, 5.74) is 1.08. The highest BCUT2D eigenvalue weighted by Gasteiger charge is 2.53. The predicted octanol–water partition coefficient (Wildman–Crippen LogP) is 5.34. The van der Waals surface area contributed by atoms with Crippen LogP contribution in [-0.4, -0.2) is 138 Å². The average Bonchev–Trinajstić information content (AvgIpc) is 3.29. The molecule has 3 fully saturated rings. The second-order valence-corrected chi connectivity index (χ2v) is 19.3. The standard InChI is InChI=1S/C50H77NO14/c1-29-14-10-11-16-39(52)30(2)24-32(4)44(55)46(63-9)45(56)33(5)25-31(3)41(54)27-36(21-18-35-19-22-40(53)43(26-35)62-8)64-49(59)38-15-12-13-23-51(38)48(58)47(57)50(60)34(6)17-20-37(65-50)28-42(29)61-7/h10-11,14,25,30,32-38,40,42-43,45-46,53,56,60H,12-13,15-24,26-28H2,1-9H3/t30-,32+,33?,34+,35+,36+,37?,38-,40+,42-,43+,45+,46-,50+/m0/s1. The number of rotatable bonds is 6. The van der Waals surface area contributed by atoms with Gasteiger partial charge in [-0.15, -0.1) is 0 Å². The number of allylic oxidation sites excluding steroid dienone is 4. The predicted molar refractivity (Wildman–Crippen MR) is 241 cm³/mol. The molecule has 4 rings (SSSR count). The molecule has 1 aliphatic carbocycles. The Labute approximate surface area is 385 Å². The Bertz CT molecular complexity index is 1760. The Balaban J connectivity index is 1.68. The monoisotopic (exact) mass is 916 g/mol. The van der Waals surface area contributed by atoms with Crippen LogP contribution < -0.4 is 0 Å². The van der Waals surface area contributed by atoms with Crippen LogP contribution in [0.2, 0.25) is 0 Å². The third-order valence-electron chi connectivity index (χ3n) is 14.4. The second kappa shape index (κ2) is 25.1. The lowest BCUT2D eigenvalue weighted by molar-refractivity contribution is -0.265. The highest BCUT2D eigenvalue weighted by atomic mass is 16.6. The first-order valence-corrected chi connectivity index (χ1v) is 23.8. The van der Waals surface area contributed by atoms with Gasteiger partial charge in [-0.05, 0) is 102 Å². The number of ketones is 4. The maximum Gasteiger partial charge on any atom is 0.329 e. The van der Waals surface area contributed by atoms with Crippen molar-refractivity contribution >= 4 is 35.0 Å². The van der Waals surface area contributed by atoms with E-state index in [1.54, 1.807) is 60.0 Å². The first-order chi connectivity index (χ1) is 30.7. The van der Waals surface area contributed by atoms with Gasteiger partial charge in [-0.25, -0.2) is 4.79 Å². The number of carbonyl (C=O) groups is 6. The van der Waals surface area contributed by atoms with Gasteiger partial charge < -0.3 is 43.9 Å². The smallest absolute Gasteiger partial charge is 0.329 e. The molecule has 14 atom stereocenters. The minimum atomic E-state index is -2.46. The van der Waals surface area contributed by atoms with Crippen LogP contribution in [0, 0.1) is 29.6 Å². The van der Waals surface area contributed by atoms with Gasteiger partial charge in [0.05, 0.1) is 30.5 Å². The molecule has 15 nitrogen and oxygen atoms in total. The third kappa shape index (κ3) is 14.3. The van der Waals surface area contributed by atoms with Crippen molar-refractivity contribution in [1.82, 2.24) is 4.90 Å². The van der Waals surface area contributed by atoms with E-state index in [0.29, 0.717) is 57.8 Å². The molecule has 3 heterocycles. The second-order valence-electron chi connectivity index (χ2n) is 19.3. The summed E-state index contributed by atoms with van der Waals surface area (Å²) in [4.78, 5) is 84.5. The summed E-state index contributed by atoms with van der Waals surface area (Å²) in [6.45, 7) is 10.3. The quantitative estimate of drug-likeness (QED) is 0.227. The van der Waals surface area contributed by atoms with Gasteiger partial charge in [0.15, 0.2) is 11.6 Å². The average molecular weight is 916 g/mol. The number of nitrogens with zero attached hydrogens (tertiary/aromatic N) is 1. The molecule has 65 heavy (non-hydrogen) atoms. The number of cyclic esters (lactones) is 1. The van der Waals surface area contributed by atoms with E-state index in [4.69, 9.17) is 23.7 Å². The molecule has 2 saturated heterocycles. The van der Waals surface area contributed by atoms with Crippen LogP contribution in [0.15, 0.2) is 35.5 Å². The van der Waals surface area contributed by atoms with Crippen molar-refractivity contribution in [2.75, 3.05) is 27.9 Å². The number of methoxy groups -OCH3 is 3. The van der Waals surface area contributed by atoms with Crippen molar-refractivity contribution in [2.45, 2.75) is 186 Å². The Kier molecular flexibility index (Phi) is 20.9. The summed E-state index contributed by atoms with van der Waals surface area (Å²) in [7, 11) is 4.42. The van der Waals surface area contributed by atoms with Crippen LogP contribution in [0.25, 0.3) is 0 Å². The first-order valence-electron chi connectivity index (χ1n) is 23.8. The van der Waals surface area contributed by atoms with Gasteiger partial charge in [-0.2, -0.15) is 0 Å². The largest absolute Gasteiger partial charge is 0.460 e. The zero-order chi connectivity index (χ0) is 48.2. The lowest BCUT2D eigenvalue weighted by atomic mass is 9.82. The number of hydrogen-bond donors (Lipinski definition) is 3. The van der Waals surface area contributed by atoms with Crippen molar-refractivity contribution in [1.29, 1.82) is 0 Å². The molecular weight excluding hydrogens is 839 g/mol. The Morgan fingerprint density at radius 2 is 1.55 bits per heavy atom. The van der Waals surface area contributed by atoms with Gasteiger partial charge in [0.25, 0.3) is 11.7 Å². The number of aliphatic hydroxyl groups is 3. The van der Waals surface area contributed by atoms with Crippen molar-refractivity contribution in [2.24, 2.45) is 29.6 Å². The molecule has 0 aromatic heterocycles. The van der Waals surface area contributed by atoms with Crippen molar-refractivity contribution in [3.05, 3.63) is 35.5 Å². The molecule has 0 radical (unpaired) electrons. The van der Waals surface area contributed by atoms with E-state index in [-0.39, 0.29) is 73.6 Å². The molecule has 2 bridgehead atoms. The fourth-order valence-corrected chi connectivity index (χ4v) is 9.92. The van der Waals surface area contributed by atoms with E-state index in [1.165, 1.54) is 19.1 Å². The zero-order valence-corrected chi connectivity index (χ0v) is 40.2. The molecule has 4 aliphatic rings. The van der Waals surface area contributed by atoms with Crippen LogP contribution >= 0.6 is 0 Å². The van der Waals surface area contributed by atoms with E-state index in [1.807, 2.05) is 13.0 Å². The fraction of sp³-hybridized carbons (Fsp3) is 0.760. The summed E-state index contributed by atoms with van der Waals surface area (Å²) < 4.78 is 29.1. The Morgan fingerprint density at radius 3 is 2.23 bits per heavy atom. The number of esters is 1. The normalized spacial score (nSPS) is 37.6. The van der Waals surface area contributed by atoms with Crippen LogP contribution in [0.3, 0.4) is 0 Å². The maximum atomic E-state index is 14.2. The minimum Gasteiger partial charge on any atom is -0.460 e. The summed E-state index contributed by atoms with van der Waals surface area (Å²) >= 11 is 0. The van der Waals surface area contributed by atoms with Crippen LogP contribution in [0.5, 0.6) is 0 Å². The van der Waals surface area contributed by atoms with Crippen LogP contribution in [0.4, 0.5) is 0 Å². The van der Waals surface area contributed by atoms with Crippen molar-refractivity contribution < 1.29 is 67.8 Å². The highest BCUT2D eigenvalue weighted by molar-refractivity contribution is 6.39. The van der Waals surface area contributed by atoms with Gasteiger partial charge in [-0.1, -0.05) is 52.0 Å². The summed E-state index contributed by atoms with van der Waals surface area (Å²) in [6, 6.07) is -1.15. The van der Waals surface area contributed by atoms with Gasteiger partial charge >= 0.3 is 5.97 Å². The molecule has 0 spiro atoms. The summed E-state index contributed by atoms with van der Waals surface area (Å²) in [5.74, 6) is -8.63. The molecule has 2 unspecified atom stereocenters. The van der Waals surface area contributed by atoms with Crippen LogP contribution in [0.1, 0.15) is 131 Å². The molecule has 1 amide bonds. The molecule has 0 aromatic carbocycles. The number of ether oxygens (including phenoxy) is 5. The van der Waals surface area contributed by atoms with E-state index in [0.717, 1.165) is 5.57 Å². The van der Waals surface area contributed by atoms with Gasteiger partial charge in [0.2, 0.25) is 5.79 Å². The Morgan fingerprint density at radius 1 is 0.831 bits per heavy atom. The molecule has 366 valence electrons. The maximum absolute atomic E-state index is 14.2. The highest BCUT2D eigenvalue weighted by Crippen LogP contribution is 2.37. The van der Waals surface area contributed by atoms with Crippen molar-refractivity contribution in [3.8, 4) is 0 Å². The van der Waals surface area contributed by atoms with E-state index in [2.05, 4.69) is 0 Å². The Hall–Kier alpha value is -3.44. The molecule has 3 aliphatic heterocycles. The SMILES string of the molecule is CO[C@H]1CC2CC[C@@H](C)[C@@](O)(O2)C(=O)C(=O)N2CCCC[C@H]2C(=O)O[C@H](CC[C@@H]2CC[C@@H](O)[C@H](OC)C2)CC(=O)C(C)=CC(C)[C@@H](O)[C@@H](OC)C(=O)[C@H](C)C[C@H](C)C(=O)CC=CC=C1C. The van der Waals surface area contributed by atoms with E-state index in [9.17, 15) is 44.1 Å². The lowest BCUT2D eigenvalue weighted by Gasteiger charge is -2.42. The number of fused-ring (bicyclic) bond motifs is 3. The zero-order valence-electron chi connectivity index (χ0n) is 40.2. The fourth-order valence-electron chi connectivity index (χ4n) is 9.92. The van der Waals surface area contributed by atoms with Crippen LogP contribution in [-0.2, 0) is 52.5 Å². The van der Waals surface area contributed by atoms with Crippen molar-refractivity contribution in [3.63, 3.8) is 0 Å². The number of amides is 1.